The van der Waals surface area contributed by atoms with E-state index < -0.39 is 23.3 Å². The number of nitrogens with zero attached hydrogens (tertiary/aromatic N) is 2. The van der Waals surface area contributed by atoms with E-state index in [-0.39, 0.29) is 18.7 Å². The zero-order chi connectivity index (χ0) is 19.3. The lowest BCUT2D eigenvalue weighted by molar-refractivity contribution is -0.147. The topological polar surface area (TPSA) is 140 Å². The van der Waals surface area contributed by atoms with Gasteiger partial charge in [0.2, 0.25) is 5.91 Å². The number of aldehydes is 1. The van der Waals surface area contributed by atoms with Gasteiger partial charge < -0.3 is 20.3 Å². The highest BCUT2D eigenvalue weighted by atomic mass is 16.7. The number of nitrogens with two attached hydrogens (primary N) is 2. The first-order valence-corrected chi connectivity index (χ1v) is 8.36. The number of carbonyl (C=O) groups excluding carboxylic acids is 3. The van der Waals surface area contributed by atoms with Crippen molar-refractivity contribution in [2.45, 2.75) is 31.7 Å². The Morgan fingerprint density at radius 3 is 2.65 bits per heavy atom. The summed E-state index contributed by atoms with van der Waals surface area (Å²) in [6.07, 6.45) is 1.12. The maximum Gasteiger partial charge on any atom is 0.324 e. The van der Waals surface area contributed by atoms with Crippen LogP contribution in [0.3, 0.4) is 0 Å². The Bertz CT molecular complexity index is 728. The van der Waals surface area contributed by atoms with Crippen LogP contribution < -0.4 is 16.5 Å². The number of hydrogen-bond donors (Lipinski definition) is 2. The summed E-state index contributed by atoms with van der Waals surface area (Å²) in [5.74, 6) is 2.69. The summed E-state index contributed by atoms with van der Waals surface area (Å²) < 4.78 is 0. The molecule has 2 rings (SSSR count). The molecular formula is C18H22N4O4. The van der Waals surface area contributed by atoms with E-state index in [0.29, 0.717) is 30.5 Å². The molecule has 0 aliphatic carbocycles. The van der Waals surface area contributed by atoms with E-state index in [1.807, 2.05) is 6.07 Å². The van der Waals surface area contributed by atoms with Gasteiger partial charge in [-0.2, -0.15) is 11.2 Å². The lowest BCUT2D eigenvalue weighted by atomic mass is 9.73. The molecule has 8 heteroatoms. The number of carbonyl (C=O) groups is 3. The van der Waals surface area contributed by atoms with Crippen LogP contribution in [0, 0.1) is 23.2 Å². The molecule has 26 heavy (non-hydrogen) atoms. The Hall–Kier alpha value is -2.76. The monoisotopic (exact) mass is 358 g/mol. The van der Waals surface area contributed by atoms with Gasteiger partial charge in [-0.05, 0) is 37.1 Å². The van der Waals surface area contributed by atoms with Crippen molar-refractivity contribution in [3.05, 3.63) is 29.8 Å². The highest BCUT2D eigenvalue weighted by molar-refractivity contribution is 5.98. The maximum atomic E-state index is 13.0. The van der Waals surface area contributed by atoms with Crippen molar-refractivity contribution in [1.82, 2.24) is 0 Å². The first kappa shape index (κ1) is 19.6. The lowest BCUT2D eigenvalue weighted by Gasteiger charge is -2.34. The molecule has 0 bridgehead atoms. The fourth-order valence-electron chi connectivity index (χ4n) is 3.41. The number of benzene rings is 1. The van der Waals surface area contributed by atoms with E-state index in [0.717, 1.165) is 0 Å². The Morgan fingerprint density at radius 1 is 1.50 bits per heavy atom. The largest absolute Gasteiger partial charge is 0.373 e. The van der Waals surface area contributed by atoms with E-state index in [2.05, 4.69) is 4.84 Å². The van der Waals surface area contributed by atoms with Crippen molar-refractivity contribution in [1.29, 1.82) is 5.26 Å². The normalized spacial score (nSPS) is 20.2. The molecular weight excluding hydrogens is 336 g/mol. The first-order valence-electron chi connectivity index (χ1n) is 8.36. The SMILES string of the molecule is CCC(N)(C=O)C(CC(=O)ON)[C@H]1CCN(c2ccc(C#N)cc2)C1=O. The summed E-state index contributed by atoms with van der Waals surface area (Å²) in [6.45, 7) is 2.16. The summed E-state index contributed by atoms with van der Waals surface area (Å²) in [6, 6.07) is 8.67. The average molecular weight is 358 g/mol. The van der Waals surface area contributed by atoms with Crippen molar-refractivity contribution in [3.8, 4) is 6.07 Å². The van der Waals surface area contributed by atoms with Gasteiger partial charge in [0.25, 0.3) is 0 Å². The van der Waals surface area contributed by atoms with Crippen LogP contribution in [0.4, 0.5) is 5.69 Å². The Labute approximate surface area is 151 Å². The van der Waals surface area contributed by atoms with Crippen LogP contribution in [-0.2, 0) is 19.2 Å². The zero-order valence-electron chi connectivity index (χ0n) is 14.6. The molecule has 0 saturated carbocycles. The predicted octanol–water partition coefficient (Wildman–Crippen LogP) is 0.641. The molecule has 1 aromatic rings. The highest BCUT2D eigenvalue weighted by Gasteiger charge is 2.47. The van der Waals surface area contributed by atoms with Gasteiger partial charge in [0.15, 0.2) is 0 Å². The third-order valence-corrected chi connectivity index (χ3v) is 5.08. The molecule has 2 unspecified atom stereocenters. The predicted molar refractivity (Wildman–Crippen MR) is 93.3 cm³/mol. The summed E-state index contributed by atoms with van der Waals surface area (Å²) in [5.41, 5.74) is 6.01. The summed E-state index contributed by atoms with van der Waals surface area (Å²) in [7, 11) is 0. The molecule has 1 fully saturated rings. The van der Waals surface area contributed by atoms with E-state index >= 15 is 0 Å². The van der Waals surface area contributed by atoms with E-state index in [1.54, 1.807) is 36.1 Å². The minimum Gasteiger partial charge on any atom is -0.373 e. The van der Waals surface area contributed by atoms with E-state index in [4.69, 9.17) is 16.9 Å². The molecule has 1 aliphatic rings. The maximum absolute atomic E-state index is 13.0. The van der Waals surface area contributed by atoms with Crippen LogP contribution in [0.15, 0.2) is 24.3 Å². The molecule has 1 aliphatic heterocycles. The van der Waals surface area contributed by atoms with Crippen LogP contribution in [0.2, 0.25) is 0 Å². The summed E-state index contributed by atoms with van der Waals surface area (Å²) >= 11 is 0. The Balaban J connectivity index is 2.29. The number of nitriles is 1. The first-order chi connectivity index (χ1) is 12.4. The minimum absolute atomic E-state index is 0.211. The van der Waals surface area contributed by atoms with Gasteiger partial charge in [0.05, 0.1) is 23.6 Å². The number of hydrogen-bond acceptors (Lipinski definition) is 7. The van der Waals surface area contributed by atoms with Gasteiger partial charge in [-0.25, -0.2) is 0 Å². The van der Waals surface area contributed by atoms with Gasteiger partial charge in [0, 0.05) is 24.1 Å². The third-order valence-electron chi connectivity index (χ3n) is 5.08. The molecule has 1 heterocycles. The van der Waals surface area contributed by atoms with Crippen LogP contribution in [0.25, 0.3) is 0 Å². The fourth-order valence-corrected chi connectivity index (χ4v) is 3.41. The quantitative estimate of drug-likeness (QED) is 0.538. The number of rotatable bonds is 7. The van der Waals surface area contributed by atoms with Crippen LogP contribution in [-0.4, -0.2) is 30.2 Å². The molecule has 1 aromatic carbocycles. The second-order valence-electron chi connectivity index (χ2n) is 6.43. The van der Waals surface area contributed by atoms with Crippen molar-refractivity contribution >= 4 is 23.9 Å². The van der Waals surface area contributed by atoms with Gasteiger partial charge in [-0.15, -0.1) is 0 Å². The molecule has 1 amide bonds. The zero-order valence-corrected chi connectivity index (χ0v) is 14.6. The molecule has 4 N–H and O–H groups in total. The number of amides is 1. The number of anilines is 1. The summed E-state index contributed by atoms with van der Waals surface area (Å²) in [4.78, 5) is 42.1. The van der Waals surface area contributed by atoms with Crippen LogP contribution in [0.1, 0.15) is 31.7 Å². The molecule has 1 saturated heterocycles. The van der Waals surface area contributed by atoms with Crippen molar-refractivity contribution in [2.24, 2.45) is 23.5 Å². The van der Waals surface area contributed by atoms with Crippen molar-refractivity contribution < 1.29 is 19.2 Å². The Morgan fingerprint density at radius 2 is 2.15 bits per heavy atom. The molecule has 0 radical (unpaired) electrons. The molecule has 3 atom stereocenters. The molecule has 0 spiro atoms. The summed E-state index contributed by atoms with van der Waals surface area (Å²) in [5, 5.41) is 8.88. The second kappa shape index (κ2) is 8.08. The van der Waals surface area contributed by atoms with Crippen LogP contribution in [0.5, 0.6) is 0 Å². The fraction of sp³-hybridized carbons (Fsp3) is 0.444. The van der Waals surface area contributed by atoms with Gasteiger partial charge >= 0.3 is 5.97 Å². The van der Waals surface area contributed by atoms with Crippen molar-refractivity contribution in [3.63, 3.8) is 0 Å². The van der Waals surface area contributed by atoms with Gasteiger partial charge in [-0.3, -0.25) is 9.59 Å². The highest BCUT2D eigenvalue weighted by Crippen LogP contribution is 2.37. The van der Waals surface area contributed by atoms with Crippen molar-refractivity contribution in [2.75, 3.05) is 11.4 Å². The van der Waals surface area contributed by atoms with E-state index in [9.17, 15) is 14.4 Å². The van der Waals surface area contributed by atoms with Gasteiger partial charge in [0.1, 0.15) is 6.29 Å². The second-order valence-corrected chi connectivity index (χ2v) is 6.43. The molecule has 138 valence electrons. The lowest BCUT2D eigenvalue weighted by Crippen LogP contribution is -2.53. The molecule has 0 aromatic heterocycles. The minimum atomic E-state index is -1.32. The van der Waals surface area contributed by atoms with E-state index in [1.165, 1.54) is 0 Å². The van der Waals surface area contributed by atoms with Crippen LogP contribution >= 0.6 is 0 Å². The van der Waals surface area contributed by atoms with Gasteiger partial charge in [-0.1, -0.05) is 6.92 Å². The molecule has 8 nitrogen and oxygen atoms in total. The Kier molecular flexibility index (Phi) is 6.08. The standard InChI is InChI=1S/C18H22N4O4/c1-2-18(20,11-23)15(9-16(24)26-21)14-7-8-22(17(14)25)13-5-3-12(10-19)4-6-13/h3-6,11,14-15H,2,7-9,20-21H2,1H3/t14-,15?,18?/m1/s1. The average Bonchev–Trinajstić information content (AvgIpc) is 3.06. The smallest absolute Gasteiger partial charge is 0.324 e. The third kappa shape index (κ3) is 3.74.